The first-order valence-electron chi connectivity index (χ1n) is 12.2. The van der Waals surface area contributed by atoms with Crippen molar-refractivity contribution in [2.45, 2.75) is 49.5 Å². The maximum absolute atomic E-state index is 13.7. The Balaban J connectivity index is 1.60. The van der Waals surface area contributed by atoms with E-state index in [2.05, 4.69) is 10.2 Å². The number of nitrogens with zero attached hydrogens (tertiary/aromatic N) is 3. The number of furan rings is 1. The van der Waals surface area contributed by atoms with Gasteiger partial charge in [-0.25, -0.2) is 8.42 Å². The minimum atomic E-state index is -3.69. The number of hydrogen-bond acceptors (Lipinski definition) is 6. The van der Waals surface area contributed by atoms with Crippen LogP contribution < -0.4 is 10.2 Å². The van der Waals surface area contributed by atoms with Crippen molar-refractivity contribution in [2.75, 3.05) is 51.7 Å². The largest absolute Gasteiger partial charge is 0.468 e. The molecule has 3 heterocycles. The summed E-state index contributed by atoms with van der Waals surface area (Å²) in [6.45, 7) is 3.09. The van der Waals surface area contributed by atoms with Gasteiger partial charge in [-0.15, -0.1) is 0 Å². The van der Waals surface area contributed by atoms with Gasteiger partial charge < -0.3 is 14.6 Å². The zero-order valence-electron chi connectivity index (χ0n) is 20.2. The number of piperidine rings is 2. The van der Waals surface area contributed by atoms with Crippen LogP contribution >= 0.6 is 0 Å². The van der Waals surface area contributed by atoms with Gasteiger partial charge in [-0.1, -0.05) is 6.42 Å². The summed E-state index contributed by atoms with van der Waals surface area (Å²) < 4.78 is 34.5. The van der Waals surface area contributed by atoms with Gasteiger partial charge in [0.1, 0.15) is 10.7 Å². The average molecular weight is 489 g/mol. The van der Waals surface area contributed by atoms with Crippen molar-refractivity contribution >= 4 is 21.6 Å². The molecule has 1 N–H and O–H groups in total. The van der Waals surface area contributed by atoms with Crippen LogP contribution in [-0.2, 0) is 10.0 Å². The van der Waals surface area contributed by atoms with E-state index < -0.39 is 10.0 Å². The molecule has 8 nitrogen and oxygen atoms in total. The Morgan fingerprint density at radius 3 is 2.32 bits per heavy atom. The van der Waals surface area contributed by atoms with Crippen molar-refractivity contribution in [1.82, 2.24) is 14.5 Å². The molecule has 0 spiro atoms. The number of carbonyl (C=O) groups is 1. The second kappa shape index (κ2) is 10.9. The molecule has 2 aliphatic rings. The van der Waals surface area contributed by atoms with Gasteiger partial charge in [-0.05, 0) is 76.5 Å². The van der Waals surface area contributed by atoms with Crippen molar-refractivity contribution in [3.63, 3.8) is 0 Å². The van der Waals surface area contributed by atoms with Crippen molar-refractivity contribution in [3.8, 4) is 0 Å². The van der Waals surface area contributed by atoms with Crippen LogP contribution in [0.4, 0.5) is 5.69 Å². The predicted octanol–water partition coefficient (Wildman–Crippen LogP) is 3.48. The van der Waals surface area contributed by atoms with Gasteiger partial charge in [0.2, 0.25) is 10.0 Å². The van der Waals surface area contributed by atoms with E-state index in [-0.39, 0.29) is 16.8 Å². The van der Waals surface area contributed by atoms with Gasteiger partial charge >= 0.3 is 0 Å². The molecule has 1 aromatic heterocycles. The number of anilines is 1. The van der Waals surface area contributed by atoms with Crippen molar-refractivity contribution in [3.05, 3.63) is 47.9 Å². The van der Waals surface area contributed by atoms with Gasteiger partial charge in [0.25, 0.3) is 5.91 Å². The maximum atomic E-state index is 13.7. The van der Waals surface area contributed by atoms with Gasteiger partial charge in [0.15, 0.2) is 0 Å². The molecule has 1 unspecified atom stereocenters. The van der Waals surface area contributed by atoms with E-state index in [0.717, 1.165) is 57.4 Å². The van der Waals surface area contributed by atoms with Crippen LogP contribution in [0.25, 0.3) is 0 Å². The van der Waals surface area contributed by atoms with Crippen molar-refractivity contribution < 1.29 is 17.6 Å². The van der Waals surface area contributed by atoms with E-state index in [4.69, 9.17) is 4.42 Å². The molecule has 2 aliphatic heterocycles. The number of rotatable bonds is 8. The van der Waals surface area contributed by atoms with Crippen LogP contribution in [-0.4, -0.2) is 70.3 Å². The summed E-state index contributed by atoms with van der Waals surface area (Å²) in [5, 5.41) is 2.96. The second-order valence-electron chi connectivity index (χ2n) is 9.40. The minimum absolute atomic E-state index is 0.122. The van der Waals surface area contributed by atoms with Crippen molar-refractivity contribution in [2.24, 2.45) is 0 Å². The van der Waals surface area contributed by atoms with Crippen LogP contribution in [0, 0.1) is 0 Å². The van der Waals surface area contributed by atoms with Gasteiger partial charge in [0.05, 0.1) is 18.0 Å². The van der Waals surface area contributed by atoms with Gasteiger partial charge in [-0.3, -0.25) is 9.69 Å². The third-order valence-electron chi connectivity index (χ3n) is 6.80. The van der Waals surface area contributed by atoms with E-state index in [1.54, 1.807) is 22.7 Å². The zero-order chi connectivity index (χ0) is 24.1. The van der Waals surface area contributed by atoms with Crippen molar-refractivity contribution in [1.29, 1.82) is 0 Å². The molecule has 4 rings (SSSR count). The first-order valence-corrected chi connectivity index (χ1v) is 13.7. The van der Waals surface area contributed by atoms with Crippen LogP contribution in [0.5, 0.6) is 0 Å². The molecule has 186 valence electrons. The first-order chi connectivity index (χ1) is 16.4. The highest BCUT2D eigenvalue weighted by molar-refractivity contribution is 7.89. The third kappa shape index (κ3) is 5.47. The Bertz CT molecular complexity index is 1060. The molecule has 2 aromatic rings. The summed E-state index contributed by atoms with van der Waals surface area (Å²) in [4.78, 5) is 17.5. The molecule has 1 amide bonds. The number of carbonyl (C=O) groups excluding carboxylic acids is 1. The molecule has 2 fully saturated rings. The number of benzene rings is 1. The zero-order valence-corrected chi connectivity index (χ0v) is 21.0. The Morgan fingerprint density at radius 2 is 1.71 bits per heavy atom. The standard InChI is InChI=1S/C25H36N4O4S/c1-27(2)22(23-10-9-17-33-23)19-26-25(30)20-11-12-21(28-13-5-3-6-14-28)24(18-20)34(31,32)29-15-7-4-8-16-29/h9-12,17-18,22H,3-8,13-16,19H2,1-2H3,(H,26,30). The highest BCUT2D eigenvalue weighted by atomic mass is 32.2. The lowest BCUT2D eigenvalue weighted by Gasteiger charge is -2.33. The highest BCUT2D eigenvalue weighted by Gasteiger charge is 2.31. The molecule has 1 aromatic carbocycles. The number of amides is 1. The molecule has 1 atom stereocenters. The maximum Gasteiger partial charge on any atom is 0.251 e. The van der Waals surface area contributed by atoms with E-state index >= 15 is 0 Å². The summed E-state index contributed by atoms with van der Waals surface area (Å²) in [6.07, 6.45) is 7.66. The molecule has 34 heavy (non-hydrogen) atoms. The van der Waals surface area contributed by atoms with Crippen LogP contribution in [0.1, 0.15) is 60.7 Å². The topological polar surface area (TPSA) is 86.1 Å². The number of likely N-dealkylation sites (N-methyl/N-ethyl adjacent to an activating group) is 1. The fourth-order valence-corrected chi connectivity index (χ4v) is 6.57. The fraction of sp³-hybridized carbons (Fsp3) is 0.560. The lowest BCUT2D eigenvalue weighted by Crippen LogP contribution is -2.38. The highest BCUT2D eigenvalue weighted by Crippen LogP contribution is 2.32. The fourth-order valence-electron chi connectivity index (χ4n) is 4.81. The SMILES string of the molecule is CN(C)C(CNC(=O)c1ccc(N2CCCCC2)c(S(=O)(=O)N2CCCCC2)c1)c1ccco1. The average Bonchev–Trinajstić information content (AvgIpc) is 3.39. The quantitative estimate of drug-likeness (QED) is 0.612. The third-order valence-corrected chi connectivity index (χ3v) is 8.73. The Hall–Kier alpha value is -2.36. The molecule has 0 saturated carbocycles. The molecule has 0 radical (unpaired) electrons. The van der Waals surface area contributed by atoms with Crippen LogP contribution in [0.15, 0.2) is 45.9 Å². The predicted molar refractivity (Wildman–Crippen MR) is 133 cm³/mol. The minimum Gasteiger partial charge on any atom is -0.468 e. The monoisotopic (exact) mass is 488 g/mol. The smallest absolute Gasteiger partial charge is 0.251 e. The van der Waals surface area contributed by atoms with E-state index in [9.17, 15) is 13.2 Å². The Kier molecular flexibility index (Phi) is 7.95. The van der Waals surface area contributed by atoms with Crippen LogP contribution in [0.3, 0.4) is 0 Å². The van der Waals surface area contributed by atoms with E-state index in [1.165, 1.54) is 0 Å². The first kappa shape index (κ1) is 24.8. The molecular formula is C25H36N4O4S. The number of nitrogens with one attached hydrogen (secondary N) is 1. The summed E-state index contributed by atoms with van der Waals surface area (Å²) in [6, 6.07) is 8.71. The van der Waals surface area contributed by atoms with E-state index in [1.807, 2.05) is 37.2 Å². The molecular weight excluding hydrogens is 452 g/mol. The van der Waals surface area contributed by atoms with Crippen LogP contribution in [0.2, 0.25) is 0 Å². The van der Waals surface area contributed by atoms with Gasteiger partial charge in [0, 0.05) is 38.3 Å². The molecule has 2 saturated heterocycles. The summed E-state index contributed by atoms with van der Waals surface area (Å²) in [5.74, 6) is 0.470. The molecule has 0 aliphatic carbocycles. The molecule has 9 heteroatoms. The Morgan fingerprint density at radius 1 is 1.03 bits per heavy atom. The second-order valence-corrected chi connectivity index (χ2v) is 11.3. The number of hydrogen-bond donors (Lipinski definition) is 1. The van der Waals surface area contributed by atoms with Gasteiger partial charge in [-0.2, -0.15) is 4.31 Å². The summed E-state index contributed by atoms with van der Waals surface area (Å²) >= 11 is 0. The lowest BCUT2D eigenvalue weighted by atomic mass is 10.1. The summed E-state index contributed by atoms with van der Waals surface area (Å²) in [5.41, 5.74) is 1.07. The summed E-state index contributed by atoms with van der Waals surface area (Å²) in [7, 11) is 0.164. The van der Waals surface area contributed by atoms with E-state index in [0.29, 0.717) is 30.9 Å². The Labute approximate surface area is 202 Å². The number of sulfonamides is 1. The lowest BCUT2D eigenvalue weighted by molar-refractivity contribution is 0.0939. The normalized spacial score (nSPS) is 18.7. The molecule has 0 bridgehead atoms.